The number of fused-ring (bicyclic) bond motifs is 1. The van der Waals surface area contributed by atoms with Crippen molar-refractivity contribution < 1.29 is 4.74 Å². The normalized spacial score (nSPS) is 33.2. The largest absolute Gasteiger partial charge is 0.466 e. The number of thiazole rings is 1. The topological polar surface area (TPSA) is 41.1 Å². The van der Waals surface area contributed by atoms with Gasteiger partial charge >= 0.3 is 0 Å². The summed E-state index contributed by atoms with van der Waals surface area (Å²) in [4.78, 5) is 11.7. The first-order chi connectivity index (χ1) is 12.3. The van der Waals surface area contributed by atoms with Crippen LogP contribution < -0.4 is 4.74 Å². The molecule has 5 heterocycles. The Bertz CT molecular complexity index is 902. The summed E-state index contributed by atoms with van der Waals surface area (Å²) >= 11 is 1.68. The van der Waals surface area contributed by atoms with Crippen molar-refractivity contribution in [3.8, 4) is 15.6 Å². The van der Waals surface area contributed by atoms with E-state index < -0.39 is 0 Å². The fourth-order valence-corrected chi connectivity index (χ4v) is 6.12. The van der Waals surface area contributed by atoms with E-state index in [0.717, 1.165) is 11.1 Å². The zero-order chi connectivity index (χ0) is 16.4. The van der Waals surface area contributed by atoms with Gasteiger partial charge < -0.3 is 14.6 Å². The molecular formula is C20H21N3OS. The first kappa shape index (κ1) is 14.3. The number of hydrogen-bond acceptors (Lipinski definition) is 4. The molecule has 2 unspecified atom stereocenters. The molecule has 0 radical (unpaired) electrons. The van der Waals surface area contributed by atoms with Gasteiger partial charge in [-0.1, -0.05) is 23.5 Å². The molecule has 7 rings (SSSR count). The second-order valence-corrected chi connectivity index (χ2v) is 8.92. The molecule has 0 spiro atoms. The molecule has 1 aromatic carbocycles. The molecule has 2 atom stereocenters. The Morgan fingerprint density at radius 3 is 2.84 bits per heavy atom. The SMILES string of the molecule is c1cc2ccc(-c3cnc(OC4C5CC6CC4CN(C6)C5)s3)cc2[nH]1. The fourth-order valence-electron chi connectivity index (χ4n) is 5.32. The van der Waals surface area contributed by atoms with Crippen LogP contribution in [0, 0.1) is 17.8 Å². The van der Waals surface area contributed by atoms with E-state index in [9.17, 15) is 0 Å². The summed E-state index contributed by atoms with van der Waals surface area (Å²) in [6.07, 6.45) is 7.01. The van der Waals surface area contributed by atoms with Gasteiger partial charge in [-0.05, 0) is 41.8 Å². The summed E-state index contributed by atoms with van der Waals surface area (Å²) < 4.78 is 6.44. The maximum Gasteiger partial charge on any atom is 0.273 e. The third kappa shape index (κ3) is 2.33. The lowest BCUT2D eigenvalue weighted by Crippen LogP contribution is -2.61. The second-order valence-electron chi connectivity index (χ2n) is 7.93. The van der Waals surface area contributed by atoms with Gasteiger partial charge in [0.1, 0.15) is 6.10 Å². The van der Waals surface area contributed by atoms with Crippen LogP contribution in [0.2, 0.25) is 0 Å². The van der Waals surface area contributed by atoms with Crippen LogP contribution in [-0.4, -0.2) is 40.6 Å². The van der Waals surface area contributed by atoms with Crippen LogP contribution >= 0.6 is 11.3 Å². The molecule has 1 aliphatic carbocycles. The summed E-state index contributed by atoms with van der Waals surface area (Å²) in [7, 11) is 0. The Labute approximate surface area is 150 Å². The van der Waals surface area contributed by atoms with E-state index >= 15 is 0 Å². The first-order valence-electron chi connectivity index (χ1n) is 9.24. The maximum absolute atomic E-state index is 6.44. The summed E-state index contributed by atoms with van der Waals surface area (Å²) in [6.45, 7) is 3.77. The molecule has 128 valence electrons. The highest BCUT2D eigenvalue weighted by atomic mass is 32.1. The average molecular weight is 351 g/mol. The predicted octanol–water partition coefficient (Wildman–Crippen LogP) is 4.01. The van der Waals surface area contributed by atoms with Crippen molar-refractivity contribution >= 4 is 22.2 Å². The van der Waals surface area contributed by atoms with Crippen molar-refractivity contribution in [3.63, 3.8) is 0 Å². The second kappa shape index (κ2) is 5.32. The number of hydrogen-bond donors (Lipinski definition) is 1. The molecule has 4 bridgehead atoms. The van der Waals surface area contributed by atoms with Crippen LogP contribution in [-0.2, 0) is 0 Å². The highest BCUT2D eigenvalue weighted by molar-refractivity contribution is 7.16. The van der Waals surface area contributed by atoms with E-state index in [1.165, 1.54) is 53.8 Å². The molecule has 4 nitrogen and oxygen atoms in total. The Kier molecular flexibility index (Phi) is 3.05. The van der Waals surface area contributed by atoms with Crippen molar-refractivity contribution in [3.05, 3.63) is 36.7 Å². The average Bonchev–Trinajstić information content (AvgIpc) is 3.26. The van der Waals surface area contributed by atoms with E-state index in [2.05, 4.69) is 39.1 Å². The number of nitrogens with zero attached hydrogens (tertiary/aromatic N) is 2. The number of aromatic amines is 1. The molecule has 1 N–H and O–H groups in total. The van der Waals surface area contributed by atoms with Crippen LogP contribution in [0.1, 0.15) is 12.8 Å². The Morgan fingerprint density at radius 2 is 2.00 bits per heavy atom. The van der Waals surface area contributed by atoms with Crippen molar-refractivity contribution in [2.45, 2.75) is 18.9 Å². The molecule has 4 aliphatic rings. The van der Waals surface area contributed by atoms with Gasteiger partial charge in [-0.2, -0.15) is 0 Å². The Morgan fingerprint density at radius 1 is 1.12 bits per heavy atom. The van der Waals surface area contributed by atoms with Crippen LogP contribution in [0.4, 0.5) is 0 Å². The third-order valence-corrected chi connectivity index (χ3v) is 7.20. The minimum absolute atomic E-state index is 0.373. The van der Waals surface area contributed by atoms with E-state index in [1.807, 2.05) is 12.4 Å². The van der Waals surface area contributed by atoms with E-state index in [-0.39, 0.29) is 0 Å². The van der Waals surface area contributed by atoms with Crippen molar-refractivity contribution in [1.29, 1.82) is 0 Å². The molecule has 1 saturated carbocycles. The molecule has 2 aromatic heterocycles. The predicted molar refractivity (Wildman–Crippen MR) is 100.0 cm³/mol. The summed E-state index contributed by atoms with van der Waals surface area (Å²) in [5.74, 6) is 2.32. The molecule has 3 saturated heterocycles. The minimum Gasteiger partial charge on any atom is -0.466 e. The van der Waals surface area contributed by atoms with Gasteiger partial charge in [0.25, 0.3) is 5.19 Å². The zero-order valence-corrected chi connectivity index (χ0v) is 14.8. The number of benzene rings is 1. The highest BCUT2D eigenvalue weighted by Crippen LogP contribution is 2.45. The molecule has 5 heteroatoms. The lowest BCUT2D eigenvalue weighted by Gasteiger charge is -2.55. The standard InChI is InChI=1S/C20H21N3OS/c1-2-14(7-17-13(1)3-4-21-17)18-8-22-20(25-18)24-19-15-5-12-6-16(19)11-23(9-12)10-15/h1-4,7-8,12,15-16,19,21H,5-6,9-11H2. The van der Waals surface area contributed by atoms with Gasteiger partial charge in [0, 0.05) is 49.4 Å². The fraction of sp³-hybridized carbons (Fsp3) is 0.450. The molecular weight excluding hydrogens is 330 g/mol. The van der Waals surface area contributed by atoms with Gasteiger partial charge in [-0.15, -0.1) is 0 Å². The minimum atomic E-state index is 0.373. The van der Waals surface area contributed by atoms with Crippen molar-refractivity contribution in [2.24, 2.45) is 17.8 Å². The number of ether oxygens (including phenoxy) is 1. The molecule has 3 aliphatic heterocycles. The van der Waals surface area contributed by atoms with Crippen LogP contribution in [0.15, 0.2) is 36.7 Å². The number of nitrogens with one attached hydrogen (secondary N) is 1. The van der Waals surface area contributed by atoms with E-state index in [0.29, 0.717) is 17.9 Å². The summed E-state index contributed by atoms with van der Waals surface area (Å²) in [5, 5.41) is 2.09. The van der Waals surface area contributed by atoms with Gasteiger partial charge in [0.05, 0.1) is 4.88 Å². The van der Waals surface area contributed by atoms with Gasteiger partial charge in [0.15, 0.2) is 0 Å². The Balaban J connectivity index is 1.25. The highest BCUT2D eigenvalue weighted by Gasteiger charge is 2.48. The lowest BCUT2D eigenvalue weighted by molar-refractivity contribution is -0.0985. The lowest BCUT2D eigenvalue weighted by atomic mass is 9.66. The van der Waals surface area contributed by atoms with Crippen LogP contribution in [0.25, 0.3) is 21.3 Å². The van der Waals surface area contributed by atoms with Crippen LogP contribution in [0.5, 0.6) is 5.19 Å². The summed E-state index contributed by atoms with van der Waals surface area (Å²) in [5.41, 5.74) is 2.38. The molecule has 25 heavy (non-hydrogen) atoms. The number of H-pyrrole nitrogens is 1. The van der Waals surface area contributed by atoms with Crippen molar-refractivity contribution in [2.75, 3.05) is 19.6 Å². The van der Waals surface area contributed by atoms with Gasteiger partial charge in [-0.25, -0.2) is 4.98 Å². The third-order valence-electron chi connectivity index (χ3n) is 6.26. The molecule has 0 amide bonds. The Hall–Kier alpha value is -1.85. The van der Waals surface area contributed by atoms with Gasteiger partial charge in [-0.3, -0.25) is 0 Å². The van der Waals surface area contributed by atoms with Crippen molar-refractivity contribution in [1.82, 2.24) is 14.9 Å². The number of rotatable bonds is 3. The number of piperidine rings is 3. The smallest absolute Gasteiger partial charge is 0.273 e. The monoisotopic (exact) mass is 351 g/mol. The molecule has 4 fully saturated rings. The molecule has 3 aromatic rings. The van der Waals surface area contributed by atoms with E-state index in [4.69, 9.17) is 4.74 Å². The summed E-state index contributed by atoms with van der Waals surface area (Å²) in [6, 6.07) is 8.63. The zero-order valence-electron chi connectivity index (χ0n) is 14.0. The van der Waals surface area contributed by atoms with Crippen LogP contribution in [0.3, 0.4) is 0 Å². The van der Waals surface area contributed by atoms with E-state index in [1.54, 1.807) is 11.3 Å². The first-order valence-corrected chi connectivity index (χ1v) is 10.1. The maximum atomic E-state index is 6.44. The number of aromatic nitrogens is 2. The van der Waals surface area contributed by atoms with Gasteiger partial charge in [0.2, 0.25) is 0 Å². The quantitative estimate of drug-likeness (QED) is 0.775.